The van der Waals surface area contributed by atoms with E-state index in [0.717, 1.165) is 34.8 Å². The first kappa shape index (κ1) is 18.6. The van der Waals surface area contributed by atoms with E-state index in [-0.39, 0.29) is 12.0 Å². The van der Waals surface area contributed by atoms with Crippen molar-refractivity contribution in [1.29, 1.82) is 0 Å². The maximum absolute atomic E-state index is 13.1. The monoisotopic (exact) mass is 397 g/mol. The molecule has 4 heterocycles. The number of aromatic nitrogens is 4. The second kappa shape index (κ2) is 7.71. The molecule has 146 valence electrons. The smallest absolute Gasteiger partial charge is 0.317 e. The van der Waals surface area contributed by atoms with Crippen LogP contribution in [0.2, 0.25) is 0 Å². The van der Waals surface area contributed by atoms with E-state index >= 15 is 0 Å². The minimum atomic E-state index is -0.108. The van der Waals surface area contributed by atoms with Gasteiger partial charge in [-0.2, -0.15) is 5.10 Å². The summed E-state index contributed by atoms with van der Waals surface area (Å²) in [7, 11) is 1.81. The Labute approximate surface area is 168 Å². The minimum absolute atomic E-state index is 0.0209. The summed E-state index contributed by atoms with van der Waals surface area (Å²) in [6, 6.07) is 8.16. The molecule has 3 aromatic heterocycles. The van der Waals surface area contributed by atoms with Gasteiger partial charge in [-0.1, -0.05) is 6.07 Å². The van der Waals surface area contributed by atoms with Crippen LogP contribution in [-0.4, -0.2) is 49.7 Å². The first-order chi connectivity index (χ1) is 13.5. The van der Waals surface area contributed by atoms with Crippen LogP contribution in [0.1, 0.15) is 34.7 Å². The Balaban J connectivity index is 1.48. The second-order valence-corrected chi connectivity index (χ2v) is 8.03. The molecule has 0 aliphatic carbocycles. The van der Waals surface area contributed by atoms with Gasteiger partial charge in [0.25, 0.3) is 5.91 Å². The summed E-state index contributed by atoms with van der Waals surface area (Å²) in [5.74, 6) is -0.0209. The molecule has 1 aliphatic heterocycles. The SMILES string of the molecule is Cc1cc(C)nc(OC2CCCN(C(=O)c3cc(-c4cccs4)nn3C)C2)n1. The summed E-state index contributed by atoms with van der Waals surface area (Å²) in [4.78, 5) is 24.7. The van der Waals surface area contributed by atoms with Crippen LogP contribution in [0.15, 0.2) is 29.6 Å². The molecule has 3 aromatic rings. The van der Waals surface area contributed by atoms with E-state index in [2.05, 4.69) is 15.1 Å². The highest BCUT2D eigenvalue weighted by atomic mass is 32.1. The predicted molar refractivity (Wildman–Crippen MR) is 108 cm³/mol. The van der Waals surface area contributed by atoms with Crippen molar-refractivity contribution in [2.75, 3.05) is 13.1 Å². The van der Waals surface area contributed by atoms with Gasteiger partial charge in [0.15, 0.2) is 0 Å². The zero-order valence-corrected chi connectivity index (χ0v) is 17.1. The van der Waals surface area contributed by atoms with Crippen molar-refractivity contribution in [1.82, 2.24) is 24.6 Å². The number of hydrogen-bond donors (Lipinski definition) is 0. The lowest BCUT2D eigenvalue weighted by Gasteiger charge is -2.32. The van der Waals surface area contributed by atoms with E-state index in [9.17, 15) is 4.79 Å². The molecular weight excluding hydrogens is 374 g/mol. The first-order valence-corrected chi connectivity index (χ1v) is 10.2. The number of nitrogens with zero attached hydrogens (tertiary/aromatic N) is 5. The lowest BCUT2D eigenvalue weighted by Crippen LogP contribution is -2.45. The summed E-state index contributed by atoms with van der Waals surface area (Å²) in [6.07, 6.45) is 1.66. The van der Waals surface area contributed by atoms with Gasteiger partial charge in [0, 0.05) is 25.0 Å². The fourth-order valence-electron chi connectivity index (χ4n) is 3.49. The number of thiophene rings is 1. The zero-order valence-electron chi connectivity index (χ0n) is 16.3. The van der Waals surface area contributed by atoms with Crippen molar-refractivity contribution in [3.05, 3.63) is 46.7 Å². The lowest BCUT2D eigenvalue weighted by molar-refractivity contribution is 0.0505. The third kappa shape index (κ3) is 3.91. The van der Waals surface area contributed by atoms with E-state index in [1.807, 2.05) is 55.4 Å². The molecule has 0 spiro atoms. The van der Waals surface area contributed by atoms with Gasteiger partial charge in [-0.05, 0) is 50.3 Å². The summed E-state index contributed by atoms with van der Waals surface area (Å²) in [5.41, 5.74) is 3.17. The molecule has 28 heavy (non-hydrogen) atoms. The Hall–Kier alpha value is -2.74. The van der Waals surface area contributed by atoms with Crippen molar-refractivity contribution in [3.8, 4) is 16.6 Å². The molecule has 7 nitrogen and oxygen atoms in total. The van der Waals surface area contributed by atoms with Gasteiger partial charge in [0.05, 0.1) is 11.4 Å². The number of likely N-dealkylation sites (tertiary alicyclic amines) is 1. The molecule has 1 amide bonds. The molecule has 0 N–H and O–H groups in total. The molecule has 0 saturated carbocycles. The molecule has 1 fully saturated rings. The first-order valence-electron chi connectivity index (χ1n) is 9.36. The Kier molecular flexibility index (Phi) is 5.13. The van der Waals surface area contributed by atoms with Crippen LogP contribution in [0.5, 0.6) is 6.01 Å². The highest BCUT2D eigenvalue weighted by Crippen LogP contribution is 2.25. The molecule has 1 saturated heterocycles. The molecule has 1 unspecified atom stereocenters. The number of carbonyl (C=O) groups is 1. The van der Waals surface area contributed by atoms with Gasteiger partial charge in [-0.25, -0.2) is 9.97 Å². The molecule has 0 bridgehead atoms. The molecule has 0 aromatic carbocycles. The summed E-state index contributed by atoms with van der Waals surface area (Å²) in [5, 5.41) is 6.51. The Morgan fingerprint density at radius 2 is 2.04 bits per heavy atom. The van der Waals surface area contributed by atoms with Gasteiger partial charge >= 0.3 is 6.01 Å². The third-order valence-electron chi connectivity index (χ3n) is 4.77. The summed E-state index contributed by atoms with van der Waals surface area (Å²) < 4.78 is 7.65. The van der Waals surface area contributed by atoms with Crippen LogP contribution in [0.4, 0.5) is 0 Å². The maximum atomic E-state index is 13.1. The highest BCUT2D eigenvalue weighted by Gasteiger charge is 2.28. The van der Waals surface area contributed by atoms with Crippen LogP contribution in [0.3, 0.4) is 0 Å². The van der Waals surface area contributed by atoms with Gasteiger partial charge in [-0.15, -0.1) is 11.3 Å². The topological polar surface area (TPSA) is 73.1 Å². The van der Waals surface area contributed by atoms with E-state index < -0.39 is 0 Å². The van der Waals surface area contributed by atoms with Crippen LogP contribution < -0.4 is 4.74 Å². The van der Waals surface area contributed by atoms with E-state index in [0.29, 0.717) is 24.8 Å². The quantitative estimate of drug-likeness (QED) is 0.676. The maximum Gasteiger partial charge on any atom is 0.317 e. The Morgan fingerprint density at radius 1 is 1.25 bits per heavy atom. The standard InChI is InChI=1S/C20H23N5O2S/c1-13-10-14(2)22-20(21-13)27-15-6-4-8-25(12-15)19(26)17-11-16(23-24(17)3)18-7-5-9-28-18/h5,7,9-11,15H,4,6,8,12H2,1-3H3. The van der Waals surface area contributed by atoms with Crippen LogP contribution in [0, 0.1) is 13.8 Å². The Bertz CT molecular complexity index is 962. The van der Waals surface area contributed by atoms with Gasteiger partial charge < -0.3 is 9.64 Å². The van der Waals surface area contributed by atoms with Crippen LogP contribution in [0.25, 0.3) is 10.6 Å². The number of piperidine rings is 1. The van der Waals surface area contributed by atoms with E-state index in [1.165, 1.54) is 0 Å². The number of aryl methyl sites for hydroxylation is 3. The van der Waals surface area contributed by atoms with Crippen molar-refractivity contribution in [2.24, 2.45) is 7.05 Å². The third-order valence-corrected chi connectivity index (χ3v) is 5.66. The Morgan fingerprint density at radius 3 is 2.75 bits per heavy atom. The average Bonchev–Trinajstić information content (AvgIpc) is 3.30. The number of amides is 1. The molecule has 0 radical (unpaired) electrons. The number of hydrogen-bond acceptors (Lipinski definition) is 6. The predicted octanol–water partition coefficient (Wildman–Crippen LogP) is 3.24. The molecular formula is C20H23N5O2S. The van der Waals surface area contributed by atoms with Gasteiger partial charge in [0.2, 0.25) is 0 Å². The van der Waals surface area contributed by atoms with Crippen molar-refractivity contribution < 1.29 is 9.53 Å². The van der Waals surface area contributed by atoms with E-state index in [4.69, 9.17) is 4.74 Å². The van der Waals surface area contributed by atoms with Crippen LogP contribution in [-0.2, 0) is 7.05 Å². The van der Waals surface area contributed by atoms with Crippen molar-refractivity contribution >= 4 is 17.2 Å². The van der Waals surface area contributed by atoms with Gasteiger partial charge in [-0.3, -0.25) is 9.48 Å². The molecule has 1 atom stereocenters. The minimum Gasteiger partial charge on any atom is -0.458 e. The van der Waals surface area contributed by atoms with Gasteiger partial charge in [0.1, 0.15) is 17.5 Å². The zero-order chi connectivity index (χ0) is 19.7. The molecule has 1 aliphatic rings. The number of carbonyl (C=O) groups excluding carboxylic acids is 1. The largest absolute Gasteiger partial charge is 0.458 e. The lowest BCUT2D eigenvalue weighted by atomic mass is 10.1. The molecule has 4 rings (SSSR count). The van der Waals surface area contributed by atoms with Crippen LogP contribution >= 0.6 is 11.3 Å². The second-order valence-electron chi connectivity index (χ2n) is 7.08. The van der Waals surface area contributed by atoms with Crippen molar-refractivity contribution in [2.45, 2.75) is 32.8 Å². The fourth-order valence-corrected chi connectivity index (χ4v) is 4.17. The number of ether oxygens (including phenoxy) is 1. The number of rotatable bonds is 4. The summed E-state index contributed by atoms with van der Waals surface area (Å²) >= 11 is 1.61. The van der Waals surface area contributed by atoms with E-state index in [1.54, 1.807) is 16.0 Å². The average molecular weight is 398 g/mol. The van der Waals surface area contributed by atoms with Crippen molar-refractivity contribution in [3.63, 3.8) is 0 Å². The molecule has 8 heteroatoms. The normalized spacial score (nSPS) is 17.0. The summed E-state index contributed by atoms with van der Waals surface area (Å²) in [6.45, 7) is 5.08. The fraction of sp³-hybridized carbons (Fsp3) is 0.400. The highest BCUT2D eigenvalue weighted by molar-refractivity contribution is 7.13.